The zero-order valence-corrected chi connectivity index (χ0v) is 19.3. The van der Waals surface area contributed by atoms with Crippen molar-refractivity contribution in [2.75, 3.05) is 30.3 Å². The van der Waals surface area contributed by atoms with Gasteiger partial charge in [0.15, 0.2) is 21.5 Å². The summed E-state index contributed by atoms with van der Waals surface area (Å²) in [5, 5.41) is 0. The van der Waals surface area contributed by atoms with Crippen LogP contribution in [0.4, 0.5) is 14.5 Å². The first-order valence-electron chi connectivity index (χ1n) is 10.2. The zero-order chi connectivity index (χ0) is 23.0. The van der Waals surface area contributed by atoms with Gasteiger partial charge >= 0.3 is 0 Å². The molecular weight excluding hydrogens is 456 g/mol. The van der Waals surface area contributed by atoms with Crippen LogP contribution in [0.2, 0.25) is 0 Å². The van der Waals surface area contributed by atoms with E-state index in [-0.39, 0.29) is 34.6 Å². The first kappa shape index (κ1) is 22.6. The molecule has 32 heavy (non-hydrogen) atoms. The maximum absolute atomic E-state index is 13.8. The molecule has 0 radical (unpaired) electrons. The molecule has 1 aliphatic rings. The van der Waals surface area contributed by atoms with Crippen molar-refractivity contribution < 1.29 is 22.0 Å². The number of hydrogen-bond donors (Lipinski definition) is 0. The molecule has 10 heteroatoms. The van der Waals surface area contributed by atoms with Gasteiger partial charge in [0, 0.05) is 43.9 Å². The maximum Gasteiger partial charge on any atom is 0.223 e. The highest BCUT2D eigenvalue weighted by molar-refractivity contribution is 7.91. The van der Waals surface area contributed by atoms with Crippen LogP contribution in [0.15, 0.2) is 40.7 Å². The SMILES string of the molecule is Cc1cc(N2CCN(C(=O)CCS(=O)(=O)c3cccc4ncsc34)[C@@H](C)C2)cc(F)c1F. The molecule has 3 aromatic rings. The minimum atomic E-state index is -3.64. The molecule has 1 amide bonds. The highest BCUT2D eigenvalue weighted by atomic mass is 32.2. The fourth-order valence-electron chi connectivity index (χ4n) is 4.03. The second-order valence-corrected chi connectivity index (χ2v) is 10.9. The normalized spacial score (nSPS) is 17.2. The number of aryl methyl sites for hydroxylation is 1. The number of nitrogens with zero attached hydrogens (tertiary/aromatic N) is 3. The maximum atomic E-state index is 13.8. The number of carbonyl (C=O) groups excluding carboxylic acids is 1. The van der Waals surface area contributed by atoms with Crippen LogP contribution in [-0.2, 0) is 14.6 Å². The third-order valence-electron chi connectivity index (χ3n) is 5.75. The van der Waals surface area contributed by atoms with Crippen LogP contribution in [0.3, 0.4) is 0 Å². The molecule has 6 nitrogen and oxygen atoms in total. The van der Waals surface area contributed by atoms with Crippen LogP contribution >= 0.6 is 11.3 Å². The third-order valence-corrected chi connectivity index (χ3v) is 8.50. The predicted octanol–water partition coefficient (Wildman–Crippen LogP) is 3.78. The zero-order valence-electron chi connectivity index (χ0n) is 17.7. The Morgan fingerprint density at radius 3 is 2.75 bits per heavy atom. The fourth-order valence-corrected chi connectivity index (χ4v) is 6.59. The number of hydrogen-bond acceptors (Lipinski definition) is 6. The molecule has 2 aromatic carbocycles. The number of fused-ring (bicyclic) bond motifs is 1. The van der Waals surface area contributed by atoms with Gasteiger partial charge in [-0.05, 0) is 37.6 Å². The van der Waals surface area contributed by atoms with Crippen molar-refractivity contribution in [1.29, 1.82) is 0 Å². The monoisotopic (exact) mass is 479 g/mol. The molecule has 1 aromatic heterocycles. The van der Waals surface area contributed by atoms with Crippen LogP contribution in [0, 0.1) is 18.6 Å². The lowest BCUT2D eigenvalue weighted by atomic mass is 10.1. The van der Waals surface area contributed by atoms with Crippen molar-refractivity contribution in [3.05, 3.63) is 53.0 Å². The second-order valence-electron chi connectivity index (χ2n) is 7.97. The van der Waals surface area contributed by atoms with Crippen LogP contribution in [0.5, 0.6) is 0 Å². The lowest BCUT2D eigenvalue weighted by molar-refractivity contribution is -0.133. The standard InChI is InChI=1S/C22H23F2N3O3S2/c1-14-10-16(11-17(23)21(14)24)26-7-8-27(15(2)12-26)20(28)6-9-32(29,30)19-5-3-4-18-22(19)31-13-25-18/h3-5,10-11,13,15H,6-9,12H2,1-2H3/t15-/m0/s1. The lowest BCUT2D eigenvalue weighted by Gasteiger charge is -2.41. The summed E-state index contributed by atoms with van der Waals surface area (Å²) < 4.78 is 53.7. The molecule has 1 atom stereocenters. The van der Waals surface area contributed by atoms with Gasteiger partial charge in [0.1, 0.15) is 0 Å². The van der Waals surface area contributed by atoms with Crippen LogP contribution < -0.4 is 4.90 Å². The molecule has 0 N–H and O–H groups in total. The summed E-state index contributed by atoms with van der Waals surface area (Å²) in [5.41, 5.74) is 3.03. The predicted molar refractivity (Wildman–Crippen MR) is 121 cm³/mol. The van der Waals surface area contributed by atoms with E-state index in [0.29, 0.717) is 35.5 Å². The summed E-state index contributed by atoms with van der Waals surface area (Å²) in [6.45, 7) is 4.65. The summed E-state index contributed by atoms with van der Waals surface area (Å²) in [6, 6.07) is 7.51. The quantitative estimate of drug-likeness (QED) is 0.557. The topological polar surface area (TPSA) is 70.6 Å². The molecule has 0 bridgehead atoms. The number of anilines is 1. The minimum Gasteiger partial charge on any atom is -0.368 e. The highest BCUT2D eigenvalue weighted by Crippen LogP contribution is 2.28. The Balaban J connectivity index is 1.41. The average molecular weight is 480 g/mol. The molecule has 0 saturated carbocycles. The number of rotatable bonds is 5. The third kappa shape index (κ3) is 4.33. The Labute approximate surface area is 189 Å². The summed E-state index contributed by atoms with van der Waals surface area (Å²) in [5.74, 6) is -2.27. The molecule has 0 spiro atoms. The van der Waals surface area contributed by atoms with E-state index in [9.17, 15) is 22.0 Å². The average Bonchev–Trinajstić information content (AvgIpc) is 3.24. The van der Waals surface area contributed by atoms with Gasteiger partial charge in [-0.2, -0.15) is 0 Å². The Morgan fingerprint density at radius 1 is 1.25 bits per heavy atom. The van der Waals surface area contributed by atoms with E-state index in [2.05, 4.69) is 4.98 Å². The molecule has 0 aliphatic carbocycles. The smallest absolute Gasteiger partial charge is 0.223 e. The molecular formula is C22H23F2N3O3S2. The number of carbonyl (C=O) groups is 1. The minimum absolute atomic E-state index is 0.119. The van der Waals surface area contributed by atoms with Crippen LogP contribution in [0.1, 0.15) is 18.9 Å². The first-order valence-corrected chi connectivity index (χ1v) is 12.8. The van der Waals surface area contributed by atoms with Gasteiger partial charge < -0.3 is 9.80 Å². The highest BCUT2D eigenvalue weighted by Gasteiger charge is 2.29. The molecule has 170 valence electrons. The van der Waals surface area contributed by atoms with E-state index < -0.39 is 21.5 Å². The Hall–Kier alpha value is -2.59. The van der Waals surface area contributed by atoms with E-state index in [1.165, 1.54) is 24.3 Å². The molecule has 1 aliphatic heterocycles. The second kappa shape index (κ2) is 8.74. The Kier molecular flexibility index (Phi) is 6.17. The summed E-state index contributed by atoms with van der Waals surface area (Å²) >= 11 is 1.26. The number of halogens is 2. The molecule has 4 rings (SSSR count). The Bertz CT molecular complexity index is 1250. The summed E-state index contributed by atoms with van der Waals surface area (Å²) in [4.78, 5) is 20.7. The number of sulfone groups is 1. The number of amides is 1. The van der Waals surface area contributed by atoms with Gasteiger partial charge in [-0.15, -0.1) is 11.3 Å². The van der Waals surface area contributed by atoms with Gasteiger partial charge in [-0.1, -0.05) is 6.07 Å². The van der Waals surface area contributed by atoms with Crippen LogP contribution in [-0.4, -0.2) is 55.6 Å². The van der Waals surface area contributed by atoms with Gasteiger partial charge in [0.2, 0.25) is 5.91 Å². The van der Waals surface area contributed by atoms with Crippen molar-refractivity contribution in [3.63, 3.8) is 0 Å². The molecule has 2 heterocycles. The fraction of sp³-hybridized carbons (Fsp3) is 0.364. The number of thiazole rings is 1. The van der Waals surface area contributed by atoms with Crippen molar-refractivity contribution in [2.24, 2.45) is 0 Å². The Morgan fingerprint density at radius 2 is 2.03 bits per heavy atom. The van der Waals surface area contributed by atoms with Gasteiger partial charge in [0.25, 0.3) is 0 Å². The van der Waals surface area contributed by atoms with E-state index in [1.54, 1.807) is 34.7 Å². The number of aromatic nitrogens is 1. The van der Waals surface area contributed by atoms with E-state index in [1.807, 2.05) is 11.8 Å². The summed E-state index contributed by atoms with van der Waals surface area (Å²) in [7, 11) is -3.64. The summed E-state index contributed by atoms with van der Waals surface area (Å²) in [6.07, 6.45) is -0.119. The van der Waals surface area contributed by atoms with Crippen molar-refractivity contribution in [1.82, 2.24) is 9.88 Å². The van der Waals surface area contributed by atoms with Crippen molar-refractivity contribution in [3.8, 4) is 0 Å². The van der Waals surface area contributed by atoms with E-state index in [0.717, 1.165) is 0 Å². The largest absolute Gasteiger partial charge is 0.368 e. The van der Waals surface area contributed by atoms with Gasteiger partial charge in [-0.25, -0.2) is 22.2 Å². The lowest BCUT2D eigenvalue weighted by Crippen LogP contribution is -2.54. The van der Waals surface area contributed by atoms with E-state index >= 15 is 0 Å². The molecule has 1 fully saturated rings. The first-order chi connectivity index (χ1) is 15.2. The van der Waals surface area contributed by atoms with Crippen molar-refractivity contribution >= 4 is 43.0 Å². The van der Waals surface area contributed by atoms with Gasteiger partial charge in [0.05, 0.1) is 26.4 Å². The molecule has 0 unspecified atom stereocenters. The van der Waals surface area contributed by atoms with Crippen molar-refractivity contribution in [2.45, 2.75) is 31.2 Å². The van der Waals surface area contributed by atoms with Crippen LogP contribution in [0.25, 0.3) is 10.2 Å². The number of benzene rings is 2. The molecule has 1 saturated heterocycles. The number of piperazine rings is 1. The van der Waals surface area contributed by atoms with E-state index in [4.69, 9.17) is 0 Å². The van der Waals surface area contributed by atoms with Gasteiger partial charge in [-0.3, -0.25) is 4.79 Å².